The molecule has 0 bridgehead atoms. The van der Waals surface area contributed by atoms with Gasteiger partial charge in [-0.3, -0.25) is 10.1 Å². The number of ether oxygens (including phenoxy) is 1. The van der Waals surface area contributed by atoms with Gasteiger partial charge in [-0.25, -0.2) is 4.98 Å². The zero-order valence-corrected chi connectivity index (χ0v) is 11.6. The molecule has 0 amide bonds. The van der Waals surface area contributed by atoms with E-state index in [9.17, 15) is 14.5 Å². The Balaban J connectivity index is 2.38. The predicted octanol–water partition coefficient (Wildman–Crippen LogP) is 4.54. The normalized spacial score (nSPS) is 10.4. The summed E-state index contributed by atoms with van der Waals surface area (Å²) in [7, 11) is 0. The second-order valence-corrected chi connectivity index (χ2v) is 4.69. The van der Waals surface area contributed by atoms with Gasteiger partial charge in [0.15, 0.2) is 5.75 Å². The lowest BCUT2D eigenvalue weighted by Gasteiger charge is -2.09. The quantitative estimate of drug-likeness (QED) is 0.474. The molecule has 0 aliphatic heterocycles. The fourth-order valence-corrected chi connectivity index (χ4v) is 2.01. The van der Waals surface area contributed by atoms with E-state index < -0.39 is 10.9 Å². The number of nitro groups is 1. The molecule has 104 valence electrons. The van der Waals surface area contributed by atoms with Gasteiger partial charge in [0.05, 0.1) is 21.2 Å². The Morgan fingerprint density at radius 2 is 1.90 bits per heavy atom. The van der Waals surface area contributed by atoms with Gasteiger partial charge in [0.1, 0.15) is 5.75 Å². The van der Waals surface area contributed by atoms with Gasteiger partial charge in [-0.05, 0) is 13.0 Å². The molecule has 0 atom stereocenters. The van der Waals surface area contributed by atoms with Crippen LogP contribution in [0.2, 0.25) is 10.0 Å². The maximum absolute atomic E-state index is 13.0. The Bertz CT molecular complexity index is 671. The summed E-state index contributed by atoms with van der Waals surface area (Å²) < 4.78 is 18.4. The first-order valence-corrected chi connectivity index (χ1v) is 6.07. The smallest absolute Gasteiger partial charge is 0.272 e. The van der Waals surface area contributed by atoms with Crippen molar-refractivity contribution < 1.29 is 14.1 Å². The van der Waals surface area contributed by atoms with Crippen LogP contribution < -0.4 is 4.74 Å². The number of rotatable bonds is 3. The summed E-state index contributed by atoms with van der Waals surface area (Å²) in [6, 6.07) is 3.65. The average molecular weight is 317 g/mol. The third kappa shape index (κ3) is 2.97. The average Bonchev–Trinajstić information content (AvgIpc) is 2.37. The van der Waals surface area contributed by atoms with Crippen molar-refractivity contribution >= 4 is 28.9 Å². The molecule has 2 rings (SSSR count). The molecular formula is C12H7Cl2FN2O3. The highest BCUT2D eigenvalue weighted by Crippen LogP contribution is 2.39. The van der Waals surface area contributed by atoms with Crippen molar-refractivity contribution in [2.45, 2.75) is 6.92 Å². The molecule has 5 nitrogen and oxygen atoms in total. The Morgan fingerprint density at radius 1 is 1.30 bits per heavy atom. The van der Waals surface area contributed by atoms with Crippen LogP contribution in [0.4, 0.5) is 10.1 Å². The third-order valence-electron chi connectivity index (χ3n) is 2.40. The summed E-state index contributed by atoms with van der Waals surface area (Å²) in [5.74, 6) is -0.341. The van der Waals surface area contributed by atoms with E-state index in [1.807, 2.05) is 0 Å². The zero-order valence-electron chi connectivity index (χ0n) is 10.1. The molecule has 0 aliphatic rings. The second-order valence-electron chi connectivity index (χ2n) is 3.88. The number of hydrogen-bond donors (Lipinski definition) is 0. The highest BCUT2D eigenvalue weighted by atomic mass is 35.5. The molecule has 0 fully saturated rings. The number of benzene rings is 1. The molecule has 0 saturated carbocycles. The van der Waals surface area contributed by atoms with Gasteiger partial charge in [-0.1, -0.05) is 23.2 Å². The Labute approximate surface area is 123 Å². The van der Waals surface area contributed by atoms with Gasteiger partial charge >= 0.3 is 0 Å². The van der Waals surface area contributed by atoms with Crippen LogP contribution in [-0.4, -0.2) is 9.91 Å². The predicted molar refractivity (Wildman–Crippen MR) is 72.1 cm³/mol. The molecule has 8 heteroatoms. The van der Waals surface area contributed by atoms with Crippen LogP contribution >= 0.6 is 23.2 Å². The van der Waals surface area contributed by atoms with Gasteiger partial charge in [0.25, 0.3) is 5.69 Å². The van der Waals surface area contributed by atoms with Crippen LogP contribution in [-0.2, 0) is 0 Å². The number of hydrogen-bond acceptors (Lipinski definition) is 4. The van der Waals surface area contributed by atoms with E-state index in [2.05, 4.69) is 4.98 Å². The van der Waals surface area contributed by atoms with Crippen LogP contribution in [0.1, 0.15) is 5.56 Å². The summed E-state index contributed by atoms with van der Waals surface area (Å²) in [5, 5.41) is 10.6. The number of aryl methyl sites for hydroxylation is 1. The molecule has 0 N–H and O–H groups in total. The summed E-state index contributed by atoms with van der Waals surface area (Å²) in [6.07, 6.45) is 1.16. The van der Waals surface area contributed by atoms with Gasteiger partial charge in [-0.2, -0.15) is 4.39 Å². The van der Waals surface area contributed by atoms with Crippen LogP contribution in [0.3, 0.4) is 0 Å². The minimum absolute atomic E-state index is 0.0221. The standard InChI is InChI=1S/C12H7Cl2FN2O3/c1-6-2-8(5-16-12(6)15)20-11-9(13)3-7(17(18)19)4-10(11)14/h2-5H,1H3. The fraction of sp³-hybridized carbons (Fsp3) is 0.0833. The maximum Gasteiger partial charge on any atom is 0.272 e. The van der Waals surface area contributed by atoms with Gasteiger partial charge in [-0.15, -0.1) is 0 Å². The Kier molecular flexibility index (Phi) is 4.06. The van der Waals surface area contributed by atoms with Crippen molar-refractivity contribution in [3.05, 3.63) is 56.1 Å². The first kappa shape index (κ1) is 14.5. The van der Waals surface area contributed by atoms with Crippen molar-refractivity contribution in [3.8, 4) is 11.5 Å². The van der Waals surface area contributed by atoms with Crippen molar-refractivity contribution in [3.63, 3.8) is 0 Å². The van der Waals surface area contributed by atoms with Gasteiger partial charge in [0, 0.05) is 17.7 Å². The molecular weight excluding hydrogens is 310 g/mol. The van der Waals surface area contributed by atoms with E-state index >= 15 is 0 Å². The summed E-state index contributed by atoms with van der Waals surface area (Å²) in [5.41, 5.74) is 0.0393. The summed E-state index contributed by atoms with van der Waals surface area (Å²) in [6.45, 7) is 1.52. The minimum atomic E-state index is -0.620. The highest BCUT2D eigenvalue weighted by molar-refractivity contribution is 6.37. The van der Waals surface area contributed by atoms with E-state index in [1.54, 1.807) is 0 Å². The molecule has 1 heterocycles. The first-order valence-electron chi connectivity index (χ1n) is 5.32. The van der Waals surface area contributed by atoms with Crippen LogP contribution in [0, 0.1) is 23.0 Å². The molecule has 2 aromatic rings. The second kappa shape index (κ2) is 5.60. The number of non-ortho nitro benzene ring substituents is 1. The van der Waals surface area contributed by atoms with E-state index in [4.69, 9.17) is 27.9 Å². The van der Waals surface area contributed by atoms with Crippen molar-refractivity contribution in [2.75, 3.05) is 0 Å². The van der Waals surface area contributed by atoms with Crippen LogP contribution in [0.5, 0.6) is 11.5 Å². The molecule has 0 spiro atoms. The van der Waals surface area contributed by atoms with Gasteiger partial charge in [0.2, 0.25) is 5.95 Å². The molecule has 0 unspecified atom stereocenters. The van der Waals surface area contributed by atoms with Crippen molar-refractivity contribution in [1.29, 1.82) is 0 Å². The van der Waals surface area contributed by atoms with E-state index in [1.165, 1.54) is 13.0 Å². The Morgan fingerprint density at radius 3 is 2.40 bits per heavy atom. The summed E-state index contributed by atoms with van der Waals surface area (Å²) in [4.78, 5) is 13.5. The number of nitrogens with zero attached hydrogens (tertiary/aromatic N) is 2. The van der Waals surface area contributed by atoms with E-state index in [-0.39, 0.29) is 32.8 Å². The molecule has 1 aromatic heterocycles. The first-order chi connectivity index (χ1) is 9.38. The van der Waals surface area contributed by atoms with Crippen molar-refractivity contribution in [1.82, 2.24) is 4.98 Å². The SMILES string of the molecule is Cc1cc(Oc2c(Cl)cc([N+](=O)[O-])cc2Cl)cnc1F. The molecule has 0 saturated heterocycles. The lowest BCUT2D eigenvalue weighted by molar-refractivity contribution is -0.384. The lowest BCUT2D eigenvalue weighted by atomic mass is 10.3. The molecule has 1 aromatic carbocycles. The summed E-state index contributed by atoms with van der Waals surface area (Å²) >= 11 is 11.8. The minimum Gasteiger partial charge on any atom is -0.453 e. The monoisotopic (exact) mass is 316 g/mol. The number of pyridine rings is 1. The highest BCUT2D eigenvalue weighted by Gasteiger charge is 2.16. The molecule has 20 heavy (non-hydrogen) atoms. The molecule has 0 aliphatic carbocycles. The molecule has 0 radical (unpaired) electrons. The number of halogens is 3. The number of nitro benzene ring substituents is 1. The van der Waals surface area contributed by atoms with Crippen molar-refractivity contribution in [2.24, 2.45) is 0 Å². The lowest BCUT2D eigenvalue weighted by Crippen LogP contribution is -1.94. The largest absolute Gasteiger partial charge is 0.453 e. The Hall–Kier alpha value is -1.92. The maximum atomic E-state index is 13.0. The zero-order chi connectivity index (χ0) is 14.9. The van der Waals surface area contributed by atoms with E-state index in [0.717, 1.165) is 18.3 Å². The van der Waals surface area contributed by atoms with Crippen LogP contribution in [0.15, 0.2) is 24.4 Å². The number of aromatic nitrogens is 1. The van der Waals surface area contributed by atoms with Crippen LogP contribution in [0.25, 0.3) is 0 Å². The fourth-order valence-electron chi connectivity index (χ4n) is 1.46. The topological polar surface area (TPSA) is 65.3 Å². The van der Waals surface area contributed by atoms with Gasteiger partial charge < -0.3 is 4.74 Å². The van der Waals surface area contributed by atoms with E-state index in [0.29, 0.717) is 0 Å². The third-order valence-corrected chi connectivity index (χ3v) is 2.96.